The Kier molecular flexibility index (Phi) is 4.34. The highest BCUT2D eigenvalue weighted by atomic mass is 16.5. The van der Waals surface area contributed by atoms with E-state index in [4.69, 9.17) is 14.2 Å². The van der Waals surface area contributed by atoms with Crippen LogP contribution in [0.15, 0.2) is 0 Å². The van der Waals surface area contributed by atoms with E-state index >= 15 is 0 Å². The summed E-state index contributed by atoms with van der Waals surface area (Å²) in [5, 5.41) is 49.6. The van der Waals surface area contributed by atoms with Gasteiger partial charge in [-0.15, -0.1) is 0 Å². The largest absolute Gasteiger partial charge is 0.390 e. The van der Waals surface area contributed by atoms with Crippen LogP contribution in [0.4, 0.5) is 0 Å². The first-order valence-corrected chi connectivity index (χ1v) is 12.2. The Labute approximate surface area is 189 Å². The molecule has 7 bridgehead atoms. The molecule has 182 valence electrons. The van der Waals surface area contributed by atoms with E-state index in [2.05, 4.69) is 18.7 Å². The standard InChI is InChI=1S/C24H39NO7/c1-6-25-11-20(2)8-7-14(31-4)23-16(20)18(27)24(29,19(23)25)21-10-13(30-3)12(9-22(21,23)28)15(32-5)17(21)26/h12-19,26-29H,6-11H2,1-5H3. The molecule has 4 N–H and O–H groups in total. The molecule has 7 aliphatic rings. The van der Waals surface area contributed by atoms with Gasteiger partial charge in [0.2, 0.25) is 0 Å². The van der Waals surface area contributed by atoms with Gasteiger partial charge in [0, 0.05) is 39.7 Å². The van der Waals surface area contributed by atoms with Crippen LogP contribution in [0, 0.1) is 28.1 Å². The minimum Gasteiger partial charge on any atom is -0.390 e. The first-order valence-electron chi connectivity index (χ1n) is 12.2. The Bertz CT molecular complexity index is 822. The maximum Gasteiger partial charge on any atom is 0.118 e. The highest BCUT2D eigenvalue weighted by Gasteiger charge is 2.98. The number of aliphatic hydroxyl groups is 4. The molecular weight excluding hydrogens is 414 g/mol. The third-order valence-electron chi connectivity index (χ3n) is 11.5. The first-order chi connectivity index (χ1) is 15.1. The van der Waals surface area contributed by atoms with Gasteiger partial charge in [0.1, 0.15) is 5.60 Å². The predicted octanol–water partition coefficient (Wildman–Crippen LogP) is -0.241. The average Bonchev–Trinajstić information content (AvgIpc) is 3.04. The van der Waals surface area contributed by atoms with Crippen molar-refractivity contribution in [3.8, 4) is 0 Å². The molecule has 6 aliphatic carbocycles. The first kappa shape index (κ1) is 22.2. The van der Waals surface area contributed by atoms with E-state index in [1.165, 1.54) is 0 Å². The van der Waals surface area contributed by atoms with Crippen molar-refractivity contribution in [2.75, 3.05) is 34.4 Å². The third-order valence-corrected chi connectivity index (χ3v) is 11.5. The molecule has 0 aromatic carbocycles. The Hall–Kier alpha value is -0.320. The van der Waals surface area contributed by atoms with Gasteiger partial charge in [0.15, 0.2) is 0 Å². The van der Waals surface area contributed by atoms with Crippen LogP contribution in [-0.2, 0) is 14.2 Å². The van der Waals surface area contributed by atoms with Crippen LogP contribution in [0.2, 0.25) is 0 Å². The number of hydrogen-bond donors (Lipinski definition) is 4. The van der Waals surface area contributed by atoms with Gasteiger partial charge in [0.05, 0.1) is 53.0 Å². The smallest absolute Gasteiger partial charge is 0.118 e. The van der Waals surface area contributed by atoms with Crippen molar-refractivity contribution in [2.24, 2.45) is 28.1 Å². The molecule has 7 rings (SSSR count). The molecule has 7 fully saturated rings. The van der Waals surface area contributed by atoms with Crippen LogP contribution in [0.25, 0.3) is 0 Å². The molecule has 2 spiro atoms. The minimum absolute atomic E-state index is 0.206. The maximum absolute atomic E-state index is 13.0. The lowest BCUT2D eigenvalue weighted by atomic mass is 9.35. The quantitative estimate of drug-likeness (QED) is 0.462. The van der Waals surface area contributed by atoms with Crippen molar-refractivity contribution in [1.82, 2.24) is 4.90 Å². The summed E-state index contributed by atoms with van der Waals surface area (Å²) in [6, 6.07) is -0.509. The van der Waals surface area contributed by atoms with Gasteiger partial charge in [-0.05, 0) is 37.6 Å². The van der Waals surface area contributed by atoms with Gasteiger partial charge in [-0.2, -0.15) is 0 Å². The molecule has 1 saturated heterocycles. The van der Waals surface area contributed by atoms with E-state index in [1.54, 1.807) is 21.3 Å². The molecule has 13 unspecified atom stereocenters. The van der Waals surface area contributed by atoms with E-state index in [0.717, 1.165) is 19.4 Å². The van der Waals surface area contributed by atoms with Gasteiger partial charge >= 0.3 is 0 Å². The fourth-order valence-corrected chi connectivity index (χ4v) is 10.9. The molecule has 8 nitrogen and oxygen atoms in total. The lowest BCUT2D eigenvalue weighted by Crippen LogP contribution is -2.84. The molecule has 0 amide bonds. The number of likely N-dealkylation sites (N-methyl/N-ethyl adjacent to an activating group) is 1. The molecule has 6 saturated carbocycles. The summed E-state index contributed by atoms with van der Waals surface area (Å²) in [6.07, 6.45) is -1.09. The predicted molar refractivity (Wildman–Crippen MR) is 114 cm³/mol. The number of methoxy groups -OCH3 is 3. The summed E-state index contributed by atoms with van der Waals surface area (Å²) in [5.41, 5.74) is -5.63. The minimum atomic E-state index is -1.71. The Morgan fingerprint density at radius 1 is 1.00 bits per heavy atom. The summed E-state index contributed by atoms with van der Waals surface area (Å²) < 4.78 is 17.7. The van der Waals surface area contributed by atoms with Crippen molar-refractivity contribution in [3.05, 3.63) is 0 Å². The number of hydrogen-bond acceptors (Lipinski definition) is 8. The molecule has 13 atom stereocenters. The van der Waals surface area contributed by atoms with Crippen LogP contribution in [0.1, 0.15) is 39.5 Å². The topological polar surface area (TPSA) is 112 Å². The second-order valence-corrected chi connectivity index (χ2v) is 11.9. The zero-order chi connectivity index (χ0) is 23.1. The van der Waals surface area contributed by atoms with Gasteiger partial charge in [-0.3, -0.25) is 4.90 Å². The Morgan fingerprint density at radius 2 is 1.72 bits per heavy atom. The summed E-state index contributed by atoms with van der Waals surface area (Å²) in [4.78, 5) is 2.26. The highest BCUT2D eigenvalue weighted by molar-refractivity contribution is 5.48. The highest BCUT2D eigenvalue weighted by Crippen LogP contribution is 2.85. The second kappa shape index (κ2) is 6.26. The van der Waals surface area contributed by atoms with E-state index in [1.807, 2.05) is 0 Å². The van der Waals surface area contributed by atoms with Crippen molar-refractivity contribution >= 4 is 0 Å². The number of aliphatic hydroxyl groups excluding tert-OH is 2. The lowest BCUT2D eigenvalue weighted by molar-refractivity contribution is -0.384. The molecule has 0 aromatic heterocycles. The average molecular weight is 454 g/mol. The molecule has 8 heteroatoms. The molecule has 1 heterocycles. The summed E-state index contributed by atoms with van der Waals surface area (Å²) >= 11 is 0. The summed E-state index contributed by atoms with van der Waals surface area (Å²) in [6.45, 7) is 5.71. The zero-order valence-corrected chi connectivity index (χ0v) is 19.8. The monoisotopic (exact) mass is 453 g/mol. The van der Waals surface area contributed by atoms with Crippen molar-refractivity contribution in [2.45, 2.75) is 87.3 Å². The van der Waals surface area contributed by atoms with Crippen LogP contribution in [0.5, 0.6) is 0 Å². The van der Waals surface area contributed by atoms with E-state index in [9.17, 15) is 20.4 Å². The normalized spacial score (nSPS) is 64.8. The molecule has 1 aliphatic heterocycles. The van der Waals surface area contributed by atoms with E-state index in [-0.39, 0.29) is 35.9 Å². The second-order valence-electron chi connectivity index (χ2n) is 11.9. The van der Waals surface area contributed by atoms with Crippen molar-refractivity contribution < 1.29 is 34.6 Å². The van der Waals surface area contributed by atoms with Crippen molar-refractivity contribution in [1.29, 1.82) is 0 Å². The number of likely N-dealkylation sites (tertiary alicyclic amines) is 1. The molecule has 32 heavy (non-hydrogen) atoms. The van der Waals surface area contributed by atoms with Crippen LogP contribution >= 0.6 is 0 Å². The van der Waals surface area contributed by atoms with Gasteiger partial charge in [-0.25, -0.2) is 0 Å². The maximum atomic E-state index is 13.0. The molecule has 0 aromatic rings. The molecule has 0 radical (unpaired) electrons. The third kappa shape index (κ3) is 1.76. The fourth-order valence-electron chi connectivity index (χ4n) is 10.9. The van der Waals surface area contributed by atoms with E-state index < -0.39 is 46.4 Å². The van der Waals surface area contributed by atoms with Crippen LogP contribution < -0.4 is 0 Å². The lowest BCUT2D eigenvalue weighted by Gasteiger charge is -2.73. The van der Waals surface area contributed by atoms with Crippen LogP contribution in [-0.4, -0.2) is 108 Å². The van der Waals surface area contributed by atoms with Gasteiger partial charge < -0.3 is 34.6 Å². The SMILES string of the molecule is CCN1CC2(C)CCC(OC)C34C2C(O)C(O)(C13)C12CC(OC)C(CC41O)C(OC)C2O. The fraction of sp³-hybridized carbons (Fsp3) is 1.00. The number of ether oxygens (including phenoxy) is 3. The number of fused-ring (bicyclic) bond motifs is 2. The number of rotatable bonds is 4. The summed E-state index contributed by atoms with van der Waals surface area (Å²) in [5.74, 6) is -0.515. The Balaban J connectivity index is 1.69. The number of piperidine rings is 1. The van der Waals surface area contributed by atoms with Crippen LogP contribution in [0.3, 0.4) is 0 Å². The van der Waals surface area contributed by atoms with Gasteiger partial charge in [-0.1, -0.05) is 13.8 Å². The van der Waals surface area contributed by atoms with Crippen molar-refractivity contribution in [3.63, 3.8) is 0 Å². The zero-order valence-electron chi connectivity index (χ0n) is 19.8. The summed E-state index contributed by atoms with van der Waals surface area (Å²) in [7, 11) is 4.88. The van der Waals surface area contributed by atoms with Gasteiger partial charge in [0.25, 0.3) is 0 Å². The Morgan fingerprint density at radius 3 is 2.31 bits per heavy atom. The van der Waals surface area contributed by atoms with E-state index in [0.29, 0.717) is 13.0 Å². The molecular formula is C24H39NO7. The number of nitrogens with zero attached hydrogens (tertiary/aromatic N) is 1.